The minimum Gasteiger partial charge on any atom is -0.368 e. The Morgan fingerprint density at radius 3 is 2.70 bits per heavy atom. The molecule has 1 aromatic heterocycles. The highest BCUT2D eigenvalue weighted by molar-refractivity contribution is 5.87. The second kappa shape index (κ2) is 7.04. The normalized spacial score (nSPS) is 13.5. The maximum absolute atomic E-state index is 12.2. The van der Waals surface area contributed by atoms with E-state index in [-0.39, 0.29) is 23.8 Å². The third-order valence-corrected chi connectivity index (χ3v) is 3.89. The summed E-state index contributed by atoms with van der Waals surface area (Å²) in [5.41, 5.74) is 5.71. The first kappa shape index (κ1) is 16.7. The summed E-state index contributed by atoms with van der Waals surface area (Å²) in [7, 11) is 0. The van der Waals surface area contributed by atoms with Crippen molar-refractivity contribution in [3.63, 3.8) is 0 Å². The summed E-state index contributed by atoms with van der Waals surface area (Å²) in [5.74, 6) is -1.00. The van der Waals surface area contributed by atoms with Gasteiger partial charge in [-0.3, -0.25) is 19.1 Å². The number of rotatable bonds is 6. The molecule has 0 radical (unpaired) electrons. The van der Waals surface area contributed by atoms with Gasteiger partial charge in [-0.05, 0) is 18.1 Å². The van der Waals surface area contributed by atoms with Crippen LogP contribution in [0.3, 0.4) is 0 Å². The zero-order chi connectivity index (χ0) is 17.0. The average molecular weight is 316 g/mol. The SMILES string of the molecule is CCC(C)C(NC(=O)Cn1ncc(=O)c2ccccc21)C(N)=O. The summed E-state index contributed by atoms with van der Waals surface area (Å²) in [4.78, 5) is 35.5. The number of primary amides is 1. The molecule has 2 aromatic rings. The van der Waals surface area contributed by atoms with Crippen LogP contribution in [0.5, 0.6) is 0 Å². The van der Waals surface area contributed by atoms with Crippen LogP contribution in [0, 0.1) is 5.92 Å². The van der Waals surface area contributed by atoms with Crippen LogP contribution in [0.15, 0.2) is 35.3 Å². The number of para-hydroxylation sites is 1. The van der Waals surface area contributed by atoms with E-state index in [1.165, 1.54) is 10.9 Å². The first-order valence-electron chi connectivity index (χ1n) is 7.47. The number of carbonyl (C=O) groups excluding carboxylic acids is 2. The summed E-state index contributed by atoms with van der Waals surface area (Å²) >= 11 is 0. The summed E-state index contributed by atoms with van der Waals surface area (Å²) < 4.78 is 1.43. The van der Waals surface area contributed by atoms with Gasteiger partial charge in [0.25, 0.3) is 0 Å². The fourth-order valence-corrected chi connectivity index (χ4v) is 2.37. The molecule has 3 N–H and O–H groups in total. The maximum atomic E-state index is 12.2. The predicted molar refractivity (Wildman–Crippen MR) is 86.6 cm³/mol. The van der Waals surface area contributed by atoms with E-state index in [2.05, 4.69) is 10.4 Å². The largest absolute Gasteiger partial charge is 0.368 e. The Labute approximate surface area is 133 Å². The van der Waals surface area contributed by atoms with Crippen LogP contribution in [0.1, 0.15) is 20.3 Å². The van der Waals surface area contributed by atoms with Crippen molar-refractivity contribution in [2.45, 2.75) is 32.9 Å². The highest BCUT2D eigenvalue weighted by atomic mass is 16.2. The quantitative estimate of drug-likeness (QED) is 0.805. The van der Waals surface area contributed by atoms with Gasteiger partial charge in [0.15, 0.2) is 0 Å². The molecule has 0 bridgehead atoms. The standard InChI is InChI=1S/C16H20N4O3/c1-3-10(2)15(16(17)23)19-14(22)9-20-12-7-5-4-6-11(12)13(21)8-18-20/h4-8,10,15H,3,9H2,1-2H3,(H2,17,23)(H,19,22). The number of aromatic nitrogens is 2. The van der Waals surface area contributed by atoms with Crippen LogP contribution in [0.25, 0.3) is 10.9 Å². The number of benzene rings is 1. The van der Waals surface area contributed by atoms with E-state index in [0.717, 1.165) is 0 Å². The van der Waals surface area contributed by atoms with Crippen molar-refractivity contribution in [1.29, 1.82) is 0 Å². The van der Waals surface area contributed by atoms with E-state index in [1.54, 1.807) is 24.3 Å². The Morgan fingerprint density at radius 1 is 1.35 bits per heavy atom. The highest BCUT2D eigenvalue weighted by Crippen LogP contribution is 2.09. The molecule has 0 fully saturated rings. The van der Waals surface area contributed by atoms with Gasteiger partial charge in [-0.15, -0.1) is 0 Å². The van der Waals surface area contributed by atoms with Crippen molar-refractivity contribution in [1.82, 2.24) is 15.1 Å². The smallest absolute Gasteiger partial charge is 0.242 e. The molecule has 2 atom stereocenters. The minimum atomic E-state index is -0.724. The van der Waals surface area contributed by atoms with Crippen LogP contribution in [-0.4, -0.2) is 27.6 Å². The predicted octanol–water partition coefficient (Wildman–Crippen LogP) is 0.413. The van der Waals surface area contributed by atoms with Crippen LogP contribution >= 0.6 is 0 Å². The molecule has 7 heteroatoms. The Kier molecular flexibility index (Phi) is 5.10. The van der Waals surface area contributed by atoms with E-state index >= 15 is 0 Å². The molecule has 0 aliphatic carbocycles. The van der Waals surface area contributed by atoms with Crippen molar-refractivity contribution in [3.8, 4) is 0 Å². The zero-order valence-electron chi connectivity index (χ0n) is 13.2. The first-order valence-corrected chi connectivity index (χ1v) is 7.47. The van der Waals surface area contributed by atoms with Gasteiger partial charge in [0, 0.05) is 5.39 Å². The fraction of sp³-hybridized carbons (Fsp3) is 0.375. The molecular weight excluding hydrogens is 296 g/mol. The summed E-state index contributed by atoms with van der Waals surface area (Å²) in [6.07, 6.45) is 1.89. The lowest BCUT2D eigenvalue weighted by Gasteiger charge is -2.21. The second-order valence-corrected chi connectivity index (χ2v) is 5.52. The number of nitrogens with one attached hydrogen (secondary N) is 1. The van der Waals surface area contributed by atoms with Crippen LogP contribution in [0.2, 0.25) is 0 Å². The lowest BCUT2D eigenvalue weighted by atomic mass is 9.98. The number of fused-ring (bicyclic) bond motifs is 1. The third kappa shape index (κ3) is 3.74. The van der Waals surface area contributed by atoms with Gasteiger partial charge in [0.1, 0.15) is 12.6 Å². The first-order chi connectivity index (χ1) is 10.9. The molecule has 0 spiro atoms. The number of amides is 2. The van der Waals surface area contributed by atoms with E-state index in [0.29, 0.717) is 17.3 Å². The van der Waals surface area contributed by atoms with E-state index < -0.39 is 11.9 Å². The van der Waals surface area contributed by atoms with Gasteiger partial charge < -0.3 is 11.1 Å². The number of hydrogen-bond acceptors (Lipinski definition) is 4. The Morgan fingerprint density at radius 2 is 2.04 bits per heavy atom. The fourth-order valence-electron chi connectivity index (χ4n) is 2.37. The molecule has 122 valence electrons. The van der Waals surface area contributed by atoms with Gasteiger partial charge in [-0.1, -0.05) is 32.4 Å². The average Bonchev–Trinajstić information content (AvgIpc) is 2.54. The Balaban J connectivity index is 2.22. The minimum absolute atomic E-state index is 0.0600. The van der Waals surface area contributed by atoms with E-state index in [9.17, 15) is 14.4 Å². The maximum Gasteiger partial charge on any atom is 0.242 e. The molecule has 0 saturated heterocycles. The van der Waals surface area contributed by atoms with Crippen molar-refractivity contribution in [2.75, 3.05) is 0 Å². The molecule has 1 heterocycles. The van der Waals surface area contributed by atoms with Gasteiger partial charge in [0.05, 0.1) is 11.7 Å². The summed E-state index contributed by atoms with van der Waals surface area (Å²) in [5, 5.41) is 7.12. The summed E-state index contributed by atoms with van der Waals surface area (Å²) in [6, 6.07) is 6.19. The van der Waals surface area contributed by atoms with Crippen molar-refractivity contribution >= 4 is 22.7 Å². The number of carbonyl (C=O) groups is 2. The van der Waals surface area contributed by atoms with Gasteiger partial charge in [0.2, 0.25) is 17.2 Å². The molecule has 2 unspecified atom stereocenters. The highest BCUT2D eigenvalue weighted by Gasteiger charge is 2.23. The molecular formula is C16H20N4O3. The number of nitrogens with zero attached hydrogens (tertiary/aromatic N) is 2. The van der Waals surface area contributed by atoms with Crippen molar-refractivity contribution in [3.05, 3.63) is 40.7 Å². The molecule has 0 aliphatic rings. The van der Waals surface area contributed by atoms with Crippen molar-refractivity contribution in [2.24, 2.45) is 11.7 Å². The van der Waals surface area contributed by atoms with Gasteiger partial charge >= 0.3 is 0 Å². The topological polar surface area (TPSA) is 107 Å². The monoisotopic (exact) mass is 316 g/mol. The molecule has 0 aliphatic heterocycles. The zero-order valence-corrected chi connectivity index (χ0v) is 13.2. The van der Waals surface area contributed by atoms with E-state index in [1.807, 2.05) is 13.8 Å². The van der Waals surface area contributed by atoms with Crippen LogP contribution < -0.4 is 16.5 Å². The van der Waals surface area contributed by atoms with E-state index in [4.69, 9.17) is 5.73 Å². The molecule has 23 heavy (non-hydrogen) atoms. The van der Waals surface area contributed by atoms with Crippen molar-refractivity contribution < 1.29 is 9.59 Å². The van der Waals surface area contributed by atoms with Crippen LogP contribution in [-0.2, 0) is 16.1 Å². The number of hydrogen-bond donors (Lipinski definition) is 2. The molecule has 2 amide bonds. The number of nitrogens with two attached hydrogens (primary N) is 1. The molecule has 2 rings (SSSR count). The van der Waals surface area contributed by atoms with Gasteiger partial charge in [-0.25, -0.2) is 0 Å². The Bertz CT molecular complexity index is 784. The second-order valence-electron chi connectivity index (χ2n) is 5.52. The van der Waals surface area contributed by atoms with Gasteiger partial charge in [-0.2, -0.15) is 5.10 Å². The Hall–Kier alpha value is -2.70. The lowest BCUT2D eigenvalue weighted by molar-refractivity contribution is -0.128. The summed E-state index contributed by atoms with van der Waals surface area (Å²) in [6.45, 7) is 3.67. The third-order valence-electron chi connectivity index (χ3n) is 3.89. The molecule has 0 saturated carbocycles. The molecule has 7 nitrogen and oxygen atoms in total. The lowest BCUT2D eigenvalue weighted by Crippen LogP contribution is -2.49. The van der Waals surface area contributed by atoms with Crippen LogP contribution in [0.4, 0.5) is 0 Å². The molecule has 1 aromatic carbocycles.